The zero-order valence-electron chi connectivity index (χ0n) is 9.62. The summed E-state index contributed by atoms with van der Waals surface area (Å²) in [6, 6.07) is 5.78. The van der Waals surface area contributed by atoms with Crippen LogP contribution in [0.1, 0.15) is 31.4 Å². The molecule has 0 saturated carbocycles. The molecule has 84 valence electrons. The molecule has 2 N–H and O–H groups in total. The highest BCUT2D eigenvalue weighted by atomic mass is 16.5. The van der Waals surface area contributed by atoms with Crippen LogP contribution >= 0.6 is 0 Å². The number of rotatable bonds is 5. The van der Waals surface area contributed by atoms with Gasteiger partial charge in [0.15, 0.2) is 0 Å². The van der Waals surface area contributed by atoms with Crippen LogP contribution in [0, 0.1) is 0 Å². The first-order valence-electron chi connectivity index (χ1n) is 5.20. The maximum absolute atomic E-state index is 6.05. The highest BCUT2D eigenvalue weighted by molar-refractivity contribution is 5.42. The Kier molecular flexibility index (Phi) is 4.43. The standard InChI is InChI=1S/C12H19NO2/c1-4-5-11(13)10-7-6-9(14-2)8-12(10)15-3/h6-8,11H,4-5,13H2,1-3H3/t11-/m0/s1. The second-order valence-electron chi connectivity index (χ2n) is 3.50. The van der Waals surface area contributed by atoms with E-state index in [9.17, 15) is 0 Å². The van der Waals surface area contributed by atoms with Gasteiger partial charge in [-0.3, -0.25) is 0 Å². The van der Waals surface area contributed by atoms with Crippen LogP contribution in [0.3, 0.4) is 0 Å². The van der Waals surface area contributed by atoms with Crippen LogP contribution in [0.25, 0.3) is 0 Å². The van der Waals surface area contributed by atoms with Crippen molar-refractivity contribution in [2.24, 2.45) is 5.73 Å². The van der Waals surface area contributed by atoms with Crippen molar-refractivity contribution in [2.75, 3.05) is 14.2 Å². The van der Waals surface area contributed by atoms with Crippen LogP contribution in [0.2, 0.25) is 0 Å². The van der Waals surface area contributed by atoms with Crippen LogP contribution in [-0.4, -0.2) is 14.2 Å². The van der Waals surface area contributed by atoms with E-state index in [1.165, 1.54) is 0 Å². The molecule has 3 nitrogen and oxygen atoms in total. The van der Waals surface area contributed by atoms with Crippen LogP contribution in [0.5, 0.6) is 11.5 Å². The highest BCUT2D eigenvalue weighted by Crippen LogP contribution is 2.30. The van der Waals surface area contributed by atoms with Crippen molar-refractivity contribution in [2.45, 2.75) is 25.8 Å². The van der Waals surface area contributed by atoms with Crippen molar-refractivity contribution in [1.82, 2.24) is 0 Å². The molecule has 0 aromatic heterocycles. The summed E-state index contributed by atoms with van der Waals surface area (Å²) >= 11 is 0. The third-order valence-electron chi connectivity index (χ3n) is 2.44. The molecule has 15 heavy (non-hydrogen) atoms. The lowest BCUT2D eigenvalue weighted by molar-refractivity contribution is 0.387. The number of benzene rings is 1. The van der Waals surface area contributed by atoms with Gasteiger partial charge in [-0.25, -0.2) is 0 Å². The number of hydrogen-bond donors (Lipinski definition) is 1. The lowest BCUT2D eigenvalue weighted by Crippen LogP contribution is -2.11. The summed E-state index contributed by atoms with van der Waals surface area (Å²) in [6.07, 6.45) is 2.03. The number of hydrogen-bond acceptors (Lipinski definition) is 3. The molecule has 1 aromatic rings. The Labute approximate surface area is 91.2 Å². The first-order chi connectivity index (χ1) is 7.22. The van der Waals surface area contributed by atoms with E-state index in [1.807, 2.05) is 18.2 Å². The number of methoxy groups -OCH3 is 2. The van der Waals surface area contributed by atoms with Gasteiger partial charge in [-0.15, -0.1) is 0 Å². The van der Waals surface area contributed by atoms with Gasteiger partial charge in [-0.1, -0.05) is 19.4 Å². The summed E-state index contributed by atoms with van der Waals surface area (Å²) < 4.78 is 10.4. The Hall–Kier alpha value is -1.22. The van der Waals surface area contributed by atoms with Crippen molar-refractivity contribution in [3.05, 3.63) is 23.8 Å². The summed E-state index contributed by atoms with van der Waals surface area (Å²) in [5, 5.41) is 0. The second-order valence-corrected chi connectivity index (χ2v) is 3.50. The minimum atomic E-state index is 0.0378. The lowest BCUT2D eigenvalue weighted by Gasteiger charge is -2.15. The molecule has 0 fully saturated rings. The largest absolute Gasteiger partial charge is 0.497 e. The maximum atomic E-state index is 6.05. The monoisotopic (exact) mass is 209 g/mol. The van der Waals surface area contributed by atoms with E-state index in [0.717, 1.165) is 29.9 Å². The summed E-state index contributed by atoms with van der Waals surface area (Å²) in [5.41, 5.74) is 7.09. The molecule has 0 bridgehead atoms. The van der Waals surface area contributed by atoms with Crippen LogP contribution in [0.15, 0.2) is 18.2 Å². The average molecular weight is 209 g/mol. The normalized spacial score (nSPS) is 12.3. The van der Waals surface area contributed by atoms with Crippen molar-refractivity contribution in [3.8, 4) is 11.5 Å². The fourth-order valence-electron chi connectivity index (χ4n) is 1.59. The molecular weight excluding hydrogens is 190 g/mol. The smallest absolute Gasteiger partial charge is 0.127 e. The van der Waals surface area contributed by atoms with Gasteiger partial charge in [0.05, 0.1) is 14.2 Å². The van der Waals surface area contributed by atoms with Gasteiger partial charge in [0.1, 0.15) is 11.5 Å². The Bertz CT molecular complexity index is 312. The second kappa shape index (κ2) is 5.61. The van der Waals surface area contributed by atoms with Gasteiger partial charge in [-0.2, -0.15) is 0 Å². The molecule has 3 heteroatoms. The summed E-state index contributed by atoms with van der Waals surface area (Å²) in [4.78, 5) is 0. The fraction of sp³-hybridized carbons (Fsp3) is 0.500. The molecule has 0 unspecified atom stereocenters. The molecular formula is C12H19NO2. The lowest BCUT2D eigenvalue weighted by atomic mass is 10.0. The molecule has 1 atom stereocenters. The van der Waals surface area contributed by atoms with Crippen molar-refractivity contribution < 1.29 is 9.47 Å². The van der Waals surface area contributed by atoms with Crippen molar-refractivity contribution in [1.29, 1.82) is 0 Å². The third-order valence-corrected chi connectivity index (χ3v) is 2.44. The molecule has 0 aliphatic rings. The molecule has 0 saturated heterocycles. The van der Waals surface area contributed by atoms with E-state index in [4.69, 9.17) is 15.2 Å². The zero-order chi connectivity index (χ0) is 11.3. The molecule has 1 rings (SSSR count). The van der Waals surface area contributed by atoms with Gasteiger partial charge >= 0.3 is 0 Å². The molecule has 0 aliphatic carbocycles. The minimum absolute atomic E-state index is 0.0378. The van der Waals surface area contributed by atoms with E-state index in [1.54, 1.807) is 14.2 Å². The summed E-state index contributed by atoms with van der Waals surface area (Å²) in [6.45, 7) is 2.12. The average Bonchev–Trinajstić information content (AvgIpc) is 2.28. The molecule has 0 spiro atoms. The first kappa shape index (κ1) is 11.9. The van der Waals surface area contributed by atoms with E-state index in [2.05, 4.69) is 6.92 Å². The maximum Gasteiger partial charge on any atom is 0.127 e. The zero-order valence-corrected chi connectivity index (χ0v) is 9.62. The van der Waals surface area contributed by atoms with Crippen LogP contribution in [-0.2, 0) is 0 Å². The molecule has 0 radical (unpaired) electrons. The highest BCUT2D eigenvalue weighted by Gasteiger charge is 2.11. The quantitative estimate of drug-likeness (QED) is 0.810. The Morgan fingerprint density at radius 1 is 1.27 bits per heavy atom. The van der Waals surface area contributed by atoms with Gasteiger partial charge < -0.3 is 15.2 Å². The number of nitrogens with two attached hydrogens (primary N) is 1. The predicted octanol–water partition coefficient (Wildman–Crippen LogP) is 2.50. The third kappa shape index (κ3) is 2.86. The first-order valence-corrected chi connectivity index (χ1v) is 5.20. The molecule has 0 heterocycles. The van der Waals surface area contributed by atoms with Gasteiger partial charge in [0, 0.05) is 17.7 Å². The van der Waals surface area contributed by atoms with E-state index in [0.29, 0.717) is 0 Å². The molecule has 0 aliphatic heterocycles. The Balaban J connectivity index is 2.96. The summed E-state index contributed by atoms with van der Waals surface area (Å²) in [7, 11) is 3.29. The molecule has 0 amide bonds. The van der Waals surface area contributed by atoms with Crippen LogP contribution in [0.4, 0.5) is 0 Å². The van der Waals surface area contributed by atoms with E-state index < -0.39 is 0 Å². The minimum Gasteiger partial charge on any atom is -0.497 e. The predicted molar refractivity (Wildman–Crippen MR) is 61.4 cm³/mol. The fourth-order valence-corrected chi connectivity index (χ4v) is 1.59. The number of ether oxygens (including phenoxy) is 2. The Morgan fingerprint density at radius 3 is 2.53 bits per heavy atom. The van der Waals surface area contributed by atoms with Gasteiger partial charge in [0.2, 0.25) is 0 Å². The Morgan fingerprint density at radius 2 is 2.00 bits per heavy atom. The van der Waals surface area contributed by atoms with E-state index in [-0.39, 0.29) is 6.04 Å². The van der Waals surface area contributed by atoms with E-state index >= 15 is 0 Å². The van der Waals surface area contributed by atoms with Crippen LogP contribution < -0.4 is 15.2 Å². The molecule has 1 aromatic carbocycles. The van der Waals surface area contributed by atoms with Gasteiger partial charge in [0.25, 0.3) is 0 Å². The summed E-state index contributed by atoms with van der Waals surface area (Å²) in [5.74, 6) is 1.59. The van der Waals surface area contributed by atoms with Gasteiger partial charge in [-0.05, 0) is 12.5 Å². The topological polar surface area (TPSA) is 44.5 Å². The van der Waals surface area contributed by atoms with Crippen molar-refractivity contribution in [3.63, 3.8) is 0 Å². The SMILES string of the molecule is CCC[C@H](N)c1ccc(OC)cc1OC. The van der Waals surface area contributed by atoms with Crippen molar-refractivity contribution >= 4 is 0 Å².